The summed E-state index contributed by atoms with van der Waals surface area (Å²) in [6.45, 7) is 2.23. The lowest BCUT2D eigenvalue weighted by Gasteiger charge is -2.16. The molecular formula is C16H17NO3. The summed E-state index contributed by atoms with van der Waals surface area (Å²) in [7, 11) is 1.38. The molecule has 2 aromatic rings. The summed E-state index contributed by atoms with van der Waals surface area (Å²) in [5, 5.41) is 0. The molecule has 2 rings (SSSR count). The molecule has 1 aromatic heterocycles. The van der Waals surface area contributed by atoms with Crippen molar-refractivity contribution in [2.45, 2.75) is 12.8 Å². The Bertz CT molecular complexity index is 569. The van der Waals surface area contributed by atoms with Crippen LogP contribution in [-0.2, 0) is 9.53 Å². The summed E-state index contributed by atoms with van der Waals surface area (Å²) >= 11 is 0. The summed E-state index contributed by atoms with van der Waals surface area (Å²) in [5.41, 5.74) is 1.94. The van der Waals surface area contributed by atoms with Crippen molar-refractivity contribution < 1.29 is 14.3 Å². The van der Waals surface area contributed by atoms with Gasteiger partial charge in [0.25, 0.3) is 0 Å². The Hall–Kier alpha value is -2.36. The Balaban J connectivity index is 2.11. The van der Waals surface area contributed by atoms with Crippen LogP contribution in [0.4, 0.5) is 0 Å². The van der Waals surface area contributed by atoms with Crippen LogP contribution in [-0.4, -0.2) is 24.7 Å². The summed E-state index contributed by atoms with van der Waals surface area (Å²) in [6.07, 6.45) is 3.30. The number of nitrogens with zero attached hydrogens (tertiary/aromatic N) is 1. The molecule has 4 heteroatoms. The Morgan fingerprint density at radius 2 is 2.00 bits per heavy atom. The molecule has 1 heterocycles. The lowest BCUT2D eigenvalue weighted by molar-refractivity contribution is -0.143. The van der Waals surface area contributed by atoms with Crippen LogP contribution in [0.3, 0.4) is 0 Å². The van der Waals surface area contributed by atoms with E-state index in [0.29, 0.717) is 0 Å². The van der Waals surface area contributed by atoms with Crippen molar-refractivity contribution in [3.63, 3.8) is 0 Å². The van der Waals surface area contributed by atoms with Gasteiger partial charge >= 0.3 is 5.97 Å². The van der Waals surface area contributed by atoms with Gasteiger partial charge in [0.15, 0.2) is 0 Å². The van der Waals surface area contributed by atoms with Gasteiger partial charge in [-0.15, -0.1) is 0 Å². The fourth-order valence-electron chi connectivity index (χ4n) is 1.92. The van der Waals surface area contributed by atoms with Gasteiger partial charge in [-0.1, -0.05) is 12.1 Å². The van der Waals surface area contributed by atoms with Crippen molar-refractivity contribution in [3.05, 3.63) is 59.9 Å². The van der Waals surface area contributed by atoms with E-state index in [-0.39, 0.29) is 12.6 Å². The number of pyridine rings is 1. The molecular weight excluding hydrogens is 254 g/mol. The van der Waals surface area contributed by atoms with E-state index in [1.54, 1.807) is 24.5 Å². The van der Waals surface area contributed by atoms with E-state index in [9.17, 15) is 4.79 Å². The normalized spacial score (nSPS) is 11.7. The van der Waals surface area contributed by atoms with E-state index in [1.807, 2.05) is 31.2 Å². The van der Waals surface area contributed by atoms with Crippen molar-refractivity contribution in [1.29, 1.82) is 0 Å². The van der Waals surface area contributed by atoms with E-state index < -0.39 is 5.92 Å². The van der Waals surface area contributed by atoms with E-state index in [1.165, 1.54) is 7.11 Å². The number of hydrogen-bond donors (Lipinski definition) is 0. The number of benzene rings is 1. The summed E-state index contributed by atoms with van der Waals surface area (Å²) < 4.78 is 10.5. The minimum Gasteiger partial charge on any atom is -0.492 e. The van der Waals surface area contributed by atoms with Gasteiger partial charge in [0.2, 0.25) is 0 Å². The minimum absolute atomic E-state index is 0.236. The van der Waals surface area contributed by atoms with Crippen LogP contribution in [0.5, 0.6) is 5.75 Å². The SMILES string of the molecule is COC(=O)C(COc1cccc(C)c1)c1ccncc1. The summed E-state index contributed by atoms with van der Waals surface area (Å²) in [6, 6.07) is 11.3. The van der Waals surface area contributed by atoms with Crippen molar-refractivity contribution in [3.8, 4) is 5.75 Å². The number of methoxy groups -OCH3 is 1. The Morgan fingerprint density at radius 1 is 1.25 bits per heavy atom. The maximum Gasteiger partial charge on any atom is 0.316 e. The summed E-state index contributed by atoms with van der Waals surface area (Å²) in [4.78, 5) is 15.8. The largest absolute Gasteiger partial charge is 0.492 e. The monoisotopic (exact) mass is 271 g/mol. The second-order valence-electron chi connectivity index (χ2n) is 4.48. The third-order valence-electron chi connectivity index (χ3n) is 3.00. The second kappa shape index (κ2) is 6.70. The van der Waals surface area contributed by atoms with E-state index in [0.717, 1.165) is 16.9 Å². The van der Waals surface area contributed by atoms with Gasteiger partial charge in [0.1, 0.15) is 18.3 Å². The molecule has 1 aromatic carbocycles. The van der Waals surface area contributed by atoms with Crippen LogP contribution in [0.25, 0.3) is 0 Å². The lowest BCUT2D eigenvalue weighted by atomic mass is 10.0. The van der Waals surface area contributed by atoms with Gasteiger partial charge in [0.05, 0.1) is 7.11 Å². The average Bonchev–Trinajstić information content (AvgIpc) is 2.48. The van der Waals surface area contributed by atoms with Gasteiger partial charge in [-0.2, -0.15) is 0 Å². The van der Waals surface area contributed by atoms with Gasteiger partial charge < -0.3 is 9.47 Å². The molecule has 0 bridgehead atoms. The minimum atomic E-state index is -0.455. The molecule has 4 nitrogen and oxygen atoms in total. The predicted octanol–water partition coefficient (Wildman–Crippen LogP) is 2.73. The van der Waals surface area contributed by atoms with Crippen LogP contribution in [0.15, 0.2) is 48.8 Å². The van der Waals surface area contributed by atoms with Crippen LogP contribution < -0.4 is 4.74 Å². The van der Waals surface area contributed by atoms with Crippen molar-refractivity contribution in [2.24, 2.45) is 0 Å². The molecule has 0 saturated carbocycles. The summed E-state index contributed by atoms with van der Waals surface area (Å²) in [5.74, 6) is -0.0275. The standard InChI is InChI=1S/C16H17NO3/c1-12-4-3-5-14(10-12)20-11-15(16(18)19-2)13-6-8-17-9-7-13/h3-10,15H,11H2,1-2H3. The van der Waals surface area contributed by atoms with Crippen LogP contribution >= 0.6 is 0 Å². The molecule has 0 amide bonds. The first-order chi connectivity index (χ1) is 9.70. The Labute approximate surface area is 118 Å². The number of aryl methyl sites for hydroxylation is 1. The van der Waals surface area contributed by atoms with Crippen LogP contribution in [0.2, 0.25) is 0 Å². The first-order valence-corrected chi connectivity index (χ1v) is 6.38. The maximum absolute atomic E-state index is 11.9. The lowest BCUT2D eigenvalue weighted by Crippen LogP contribution is -2.21. The van der Waals surface area contributed by atoms with Crippen LogP contribution in [0, 0.1) is 6.92 Å². The molecule has 20 heavy (non-hydrogen) atoms. The molecule has 1 unspecified atom stereocenters. The molecule has 0 aliphatic carbocycles. The zero-order valence-electron chi connectivity index (χ0n) is 11.6. The van der Waals surface area contributed by atoms with Gasteiger partial charge in [-0.25, -0.2) is 0 Å². The molecule has 1 atom stereocenters. The number of ether oxygens (including phenoxy) is 2. The third-order valence-corrected chi connectivity index (χ3v) is 3.00. The van der Waals surface area contributed by atoms with Gasteiger partial charge in [0, 0.05) is 12.4 Å². The molecule has 0 spiro atoms. The van der Waals surface area contributed by atoms with Crippen molar-refractivity contribution >= 4 is 5.97 Å². The van der Waals surface area contributed by atoms with Gasteiger partial charge in [-0.3, -0.25) is 9.78 Å². The van der Waals surface area contributed by atoms with Crippen LogP contribution in [0.1, 0.15) is 17.0 Å². The molecule has 0 aliphatic heterocycles. The maximum atomic E-state index is 11.9. The number of carbonyl (C=O) groups is 1. The first-order valence-electron chi connectivity index (χ1n) is 6.38. The Morgan fingerprint density at radius 3 is 2.65 bits per heavy atom. The number of rotatable bonds is 5. The number of aromatic nitrogens is 1. The highest BCUT2D eigenvalue weighted by molar-refractivity contribution is 5.78. The fourth-order valence-corrected chi connectivity index (χ4v) is 1.92. The molecule has 0 radical (unpaired) electrons. The van der Waals surface area contributed by atoms with Crippen molar-refractivity contribution in [1.82, 2.24) is 4.98 Å². The smallest absolute Gasteiger partial charge is 0.316 e. The third kappa shape index (κ3) is 3.57. The quantitative estimate of drug-likeness (QED) is 0.784. The first kappa shape index (κ1) is 14.1. The number of carbonyl (C=O) groups excluding carboxylic acids is 1. The predicted molar refractivity (Wildman–Crippen MR) is 75.7 cm³/mol. The average molecular weight is 271 g/mol. The highest BCUT2D eigenvalue weighted by Gasteiger charge is 2.22. The van der Waals surface area contributed by atoms with E-state index in [4.69, 9.17) is 9.47 Å². The van der Waals surface area contributed by atoms with Crippen molar-refractivity contribution in [2.75, 3.05) is 13.7 Å². The van der Waals surface area contributed by atoms with E-state index >= 15 is 0 Å². The molecule has 104 valence electrons. The van der Waals surface area contributed by atoms with Gasteiger partial charge in [-0.05, 0) is 42.3 Å². The fraction of sp³-hybridized carbons (Fsp3) is 0.250. The molecule has 0 saturated heterocycles. The molecule has 0 N–H and O–H groups in total. The zero-order valence-corrected chi connectivity index (χ0v) is 11.6. The second-order valence-corrected chi connectivity index (χ2v) is 4.48. The molecule has 0 aliphatic rings. The van der Waals surface area contributed by atoms with E-state index in [2.05, 4.69) is 4.98 Å². The number of esters is 1. The highest BCUT2D eigenvalue weighted by atomic mass is 16.5. The topological polar surface area (TPSA) is 48.4 Å². The number of hydrogen-bond acceptors (Lipinski definition) is 4. The Kier molecular flexibility index (Phi) is 4.71. The zero-order chi connectivity index (χ0) is 14.4. The molecule has 0 fully saturated rings. The highest BCUT2D eigenvalue weighted by Crippen LogP contribution is 2.20.